The van der Waals surface area contributed by atoms with Crippen LogP contribution in [0, 0.1) is 5.92 Å². The number of rotatable bonds is 4. The van der Waals surface area contributed by atoms with Gasteiger partial charge in [0.05, 0.1) is 13.0 Å². The summed E-state index contributed by atoms with van der Waals surface area (Å²) >= 11 is 0. The monoisotopic (exact) mass is 336 g/mol. The van der Waals surface area contributed by atoms with Crippen LogP contribution in [-0.2, 0) is 30.8 Å². The van der Waals surface area contributed by atoms with Crippen molar-refractivity contribution in [3.8, 4) is 0 Å². The number of amides is 1. The molecule has 0 spiro atoms. The van der Waals surface area contributed by atoms with E-state index in [0.717, 1.165) is 24.6 Å². The zero-order chi connectivity index (χ0) is 17.1. The first-order chi connectivity index (χ1) is 12.3. The molecule has 1 aliphatic rings. The van der Waals surface area contributed by atoms with Crippen molar-refractivity contribution in [1.29, 1.82) is 0 Å². The van der Waals surface area contributed by atoms with Crippen LogP contribution in [0.1, 0.15) is 11.5 Å². The lowest BCUT2D eigenvalue weighted by atomic mass is 10.1. The Morgan fingerprint density at radius 2 is 2.04 bits per heavy atom. The number of nitrogens with zero attached hydrogens (tertiary/aromatic N) is 6. The van der Waals surface area contributed by atoms with Gasteiger partial charge in [-0.25, -0.2) is 4.98 Å². The van der Waals surface area contributed by atoms with Crippen LogP contribution in [0.5, 0.6) is 0 Å². The fourth-order valence-electron chi connectivity index (χ4n) is 3.29. The van der Waals surface area contributed by atoms with Crippen molar-refractivity contribution in [1.82, 2.24) is 29.2 Å². The summed E-state index contributed by atoms with van der Waals surface area (Å²) in [6, 6.07) is 7.57. The van der Waals surface area contributed by atoms with Gasteiger partial charge in [-0.1, -0.05) is 6.07 Å². The van der Waals surface area contributed by atoms with Crippen LogP contribution in [0.3, 0.4) is 0 Å². The first-order valence-electron chi connectivity index (χ1n) is 8.43. The Labute approximate surface area is 145 Å². The molecule has 1 atom stereocenters. The van der Waals surface area contributed by atoms with E-state index >= 15 is 0 Å². The standard InChI is InChI=1S/C18H20N6O/c25-18(10-16-4-1-2-5-19-16)23-12-15(13-24-8-3-6-21-24)11-22-9-7-20-17(22)14-23/h1-9,15H,10-14H2. The third-order valence-electron chi connectivity index (χ3n) is 4.48. The number of fused-ring (bicyclic) bond motifs is 1. The normalized spacial score (nSPS) is 17.1. The molecule has 0 saturated heterocycles. The second-order valence-corrected chi connectivity index (χ2v) is 6.36. The summed E-state index contributed by atoms with van der Waals surface area (Å²) in [7, 11) is 0. The van der Waals surface area contributed by atoms with E-state index in [1.807, 2.05) is 46.2 Å². The van der Waals surface area contributed by atoms with Gasteiger partial charge < -0.3 is 9.47 Å². The van der Waals surface area contributed by atoms with Gasteiger partial charge in [-0.2, -0.15) is 5.10 Å². The topological polar surface area (TPSA) is 68.8 Å². The molecule has 0 radical (unpaired) electrons. The van der Waals surface area contributed by atoms with Gasteiger partial charge in [0.1, 0.15) is 5.82 Å². The van der Waals surface area contributed by atoms with E-state index in [4.69, 9.17) is 0 Å². The summed E-state index contributed by atoms with van der Waals surface area (Å²) in [5.74, 6) is 1.29. The third-order valence-corrected chi connectivity index (χ3v) is 4.48. The minimum atomic E-state index is 0.0839. The highest BCUT2D eigenvalue weighted by Gasteiger charge is 2.26. The average molecular weight is 336 g/mol. The van der Waals surface area contributed by atoms with E-state index < -0.39 is 0 Å². The number of imidazole rings is 1. The lowest BCUT2D eigenvalue weighted by Crippen LogP contribution is -2.36. The van der Waals surface area contributed by atoms with Crippen molar-refractivity contribution >= 4 is 5.91 Å². The summed E-state index contributed by atoms with van der Waals surface area (Å²) in [6.07, 6.45) is 9.56. The predicted octanol–water partition coefficient (Wildman–Crippen LogP) is 1.38. The molecule has 0 aromatic carbocycles. The Bertz CT molecular complexity index is 826. The number of carbonyl (C=O) groups excluding carboxylic acids is 1. The fraction of sp³-hybridized carbons (Fsp3) is 0.333. The van der Waals surface area contributed by atoms with Gasteiger partial charge in [-0.3, -0.25) is 14.5 Å². The van der Waals surface area contributed by atoms with Gasteiger partial charge in [0.15, 0.2) is 0 Å². The number of pyridine rings is 1. The van der Waals surface area contributed by atoms with Gasteiger partial charge in [-0.05, 0) is 18.2 Å². The lowest BCUT2D eigenvalue weighted by molar-refractivity contribution is -0.131. The molecular weight excluding hydrogens is 316 g/mol. The molecule has 0 aliphatic carbocycles. The first kappa shape index (κ1) is 15.6. The average Bonchev–Trinajstić information content (AvgIpc) is 3.24. The highest BCUT2D eigenvalue weighted by Crippen LogP contribution is 2.18. The van der Waals surface area contributed by atoms with Gasteiger partial charge in [0.2, 0.25) is 5.91 Å². The summed E-state index contributed by atoms with van der Waals surface area (Å²) < 4.78 is 4.07. The molecule has 1 unspecified atom stereocenters. The van der Waals surface area contributed by atoms with Crippen molar-refractivity contribution < 1.29 is 4.79 Å². The van der Waals surface area contributed by atoms with Gasteiger partial charge in [0.25, 0.3) is 0 Å². The molecule has 128 valence electrons. The molecule has 1 aliphatic heterocycles. The minimum Gasteiger partial charge on any atom is -0.334 e. The van der Waals surface area contributed by atoms with Crippen LogP contribution in [0.25, 0.3) is 0 Å². The van der Waals surface area contributed by atoms with E-state index in [-0.39, 0.29) is 11.8 Å². The van der Waals surface area contributed by atoms with Crippen LogP contribution < -0.4 is 0 Å². The molecule has 0 N–H and O–H groups in total. The van der Waals surface area contributed by atoms with E-state index in [0.29, 0.717) is 19.5 Å². The maximum atomic E-state index is 12.8. The maximum absolute atomic E-state index is 12.8. The van der Waals surface area contributed by atoms with Crippen LogP contribution in [0.4, 0.5) is 0 Å². The van der Waals surface area contributed by atoms with E-state index in [2.05, 4.69) is 19.6 Å². The lowest BCUT2D eigenvalue weighted by Gasteiger charge is -2.24. The predicted molar refractivity (Wildman–Crippen MR) is 91.3 cm³/mol. The van der Waals surface area contributed by atoms with Crippen molar-refractivity contribution in [3.05, 3.63) is 66.8 Å². The van der Waals surface area contributed by atoms with Crippen molar-refractivity contribution in [2.24, 2.45) is 5.92 Å². The Hall–Kier alpha value is -2.96. The van der Waals surface area contributed by atoms with Crippen LogP contribution in [0.15, 0.2) is 55.2 Å². The van der Waals surface area contributed by atoms with Gasteiger partial charge in [0, 0.05) is 62.2 Å². The van der Waals surface area contributed by atoms with Gasteiger partial charge >= 0.3 is 0 Å². The molecule has 3 aromatic rings. The SMILES string of the molecule is O=C(Cc1ccccn1)N1Cc2nccn2CC(Cn2cccn2)C1. The fourth-order valence-corrected chi connectivity index (χ4v) is 3.29. The summed E-state index contributed by atoms with van der Waals surface area (Å²) in [5.41, 5.74) is 0.795. The van der Waals surface area contributed by atoms with E-state index in [9.17, 15) is 4.79 Å². The van der Waals surface area contributed by atoms with Crippen LogP contribution in [-0.4, -0.2) is 41.7 Å². The summed E-state index contributed by atoms with van der Waals surface area (Å²) in [4.78, 5) is 23.4. The smallest absolute Gasteiger partial charge is 0.229 e. The molecule has 4 heterocycles. The second kappa shape index (κ2) is 6.88. The third kappa shape index (κ3) is 3.60. The largest absolute Gasteiger partial charge is 0.334 e. The molecule has 25 heavy (non-hydrogen) atoms. The highest BCUT2D eigenvalue weighted by molar-refractivity contribution is 5.78. The minimum absolute atomic E-state index is 0.0839. The van der Waals surface area contributed by atoms with Crippen LogP contribution >= 0.6 is 0 Å². The van der Waals surface area contributed by atoms with Crippen molar-refractivity contribution in [3.63, 3.8) is 0 Å². The number of hydrogen-bond acceptors (Lipinski definition) is 4. The summed E-state index contributed by atoms with van der Waals surface area (Å²) in [5, 5.41) is 4.30. The molecule has 0 saturated carbocycles. The number of aromatic nitrogens is 5. The van der Waals surface area contributed by atoms with Crippen molar-refractivity contribution in [2.75, 3.05) is 6.54 Å². The van der Waals surface area contributed by atoms with Crippen LogP contribution in [0.2, 0.25) is 0 Å². The maximum Gasteiger partial charge on any atom is 0.229 e. The second-order valence-electron chi connectivity index (χ2n) is 6.36. The quantitative estimate of drug-likeness (QED) is 0.722. The molecule has 7 heteroatoms. The Morgan fingerprint density at radius 3 is 2.84 bits per heavy atom. The first-order valence-corrected chi connectivity index (χ1v) is 8.43. The Morgan fingerprint density at radius 1 is 1.08 bits per heavy atom. The Kier molecular flexibility index (Phi) is 4.28. The molecule has 0 fully saturated rings. The van der Waals surface area contributed by atoms with Crippen molar-refractivity contribution in [2.45, 2.75) is 26.1 Å². The molecule has 4 rings (SSSR count). The van der Waals surface area contributed by atoms with E-state index in [1.165, 1.54) is 0 Å². The molecule has 7 nitrogen and oxygen atoms in total. The molecule has 3 aromatic heterocycles. The molecule has 1 amide bonds. The highest BCUT2D eigenvalue weighted by atomic mass is 16.2. The Balaban J connectivity index is 1.53. The molecule has 0 bridgehead atoms. The zero-order valence-corrected chi connectivity index (χ0v) is 13.9. The van der Waals surface area contributed by atoms with Gasteiger partial charge in [-0.15, -0.1) is 0 Å². The molecular formula is C18H20N6O. The van der Waals surface area contributed by atoms with E-state index in [1.54, 1.807) is 18.6 Å². The zero-order valence-electron chi connectivity index (χ0n) is 13.9. The number of hydrogen-bond donors (Lipinski definition) is 0. The number of carbonyl (C=O) groups is 1. The summed E-state index contributed by atoms with van der Waals surface area (Å²) in [6.45, 7) is 2.84.